The average Bonchev–Trinajstić information content (AvgIpc) is 2.43. The second kappa shape index (κ2) is 15.9. The van der Waals surface area contributed by atoms with Crippen LogP contribution in [0.2, 0.25) is 0 Å². The molecule has 0 saturated carbocycles. The highest BCUT2D eigenvalue weighted by Gasteiger charge is 2.27. The van der Waals surface area contributed by atoms with Crippen LogP contribution in [0.1, 0.15) is 67.2 Å². The maximum atomic E-state index is 5.83. The van der Waals surface area contributed by atoms with Crippen molar-refractivity contribution in [1.29, 1.82) is 0 Å². The van der Waals surface area contributed by atoms with Crippen LogP contribution in [0.25, 0.3) is 0 Å². The molecule has 3 nitrogen and oxygen atoms in total. The van der Waals surface area contributed by atoms with E-state index in [1.165, 1.54) is 6.42 Å². The van der Waals surface area contributed by atoms with Gasteiger partial charge in [0.25, 0.3) is 0 Å². The number of hydrogen-bond donors (Lipinski definition) is 0. The molecule has 19 heavy (non-hydrogen) atoms. The maximum Gasteiger partial charge on any atom is 0.0836 e. The Labute approximate surface area is 121 Å². The summed E-state index contributed by atoms with van der Waals surface area (Å²) in [5, 5.41) is 0. The zero-order valence-electron chi connectivity index (χ0n) is 14.2. The van der Waals surface area contributed by atoms with Gasteiger partial charge >= 0.3 is 0 Å². The van der Waals surface area contributed by atoms with E-state index >= 15 is 0 Å². The number of rotatable bonds is 6. The third-order valence-corrected chi connectivity index (χ3v) is 2.75. The molecule has 3 heteroatoms. The van der Waals surface area contributed by atoms with E-state index in [4.69, 9.17) is 14.2 Å². The van der Waals surface area contributed by atoms with Crippen LogP contribution in [0.3, 0.4) is 0 Å². The van der Waals surface area contributed by atoms with Crippen LogP contribution < -0.4 is 0 Å². The summed E-state index contributed by atoms with van der Waals surface area (Å²) in [5.41, 5.74) is 0. The van der Waals surface area contributed by atoms with Gasteiger partial charge in [0.15, 0.2) is 0 Å². The van der Waals surface area contributed by atoms with Crippen LogP contribution in [0.5, 0.6) is 0 Å². The third kappa shape index (κ3) is 11.4. The Bertz CT molecular complexity index is 162. The smallest absolute Gasteiger partial charge is 0.0836 e. The molecule has 1 heterocycles. The Balaban J connectivity index is 0. The summed E-state index contributed by atoms with van der Waals surface area (Å²) in [4.78, 5) is 0. The van der Waals surface area contributed by atoms with Crippen molar-refractivity contribution in [3.05, 3.63) is 0 Å². The normalized spacial score (nSPS) is 25.7. The molecule has 0 spiro atoms. The van der Waals surface area contributed by atoms with Crippen molar-refractivity contribution in [3.63, 3.8) is 0 Å². The highest BCUT2D eigenvalue weighted by Crippen LogP contribution is 2.22. The molecule has 1 rings (SSSR count). The van der Waals surface area contributed by atoms with E-state index in [-0.39, 0.29) is 6.10 Å². The highest BCUT2D eigenvalue weighted by molar-refractivity contribution is 4.76. The van der Waals surface area contributed by atoms with E-state index in [2.05, 4.69) is 13.8 Å². The summed E-state index contributed by atoms with van der Waals surface area (Å²) >= 11 is 0. The standard InChI is InChI=1S/C12H24O3.2C2H6/c1-4-5-6-14-11-7-10(2)15-12(8-11)9-13-3;2*1-2/h10-12H,4-9H2,1-3H3;2*1-2H3. The maximum absolute atomic E-state index is 5.83. The minimum atomic E-state index is 0.213. The van der Waals surface area contributed by atoms with Crippen molar-refractivity contribution in [2.24, 2.45) is 0 Å². The molecule has 0 radical (unpaired) electrons. The lowest BCUT2D eigenvalue weighted by Crippen LogP contribution is -2.38. The first-order chi connectivity index (χ1) is 9.26. The first-order valence-electron chi connectivity index (χ1n) is 8.02. The molecule has 0 aliphatic carbocycles. The summed E-state index contributed by atoms with van der Waals surface area (Å²) < 4.78 is 16.7. The summed E-state index contributed by atoms with van der Waals surface area (Å²) in [6, 6.07) is 0. The van der Waals surface area contributed by atoms with Crippen LogP contribution in [0, 0.1) is 0 Å². The molecule has 1 fully saturated rings. The number of unbranched alkanes of at least 4 members (excludes halogenated alkanes) is 1. The van der Waals surface area contributed by atoms with E-state index < -0.39 is 0 Å². The van der Waals surface area contributed by atoms with Gasteiger partial charge in [-0.05, 0) is 19.8 Å². The van der Waals surface area contributed by atoms with E-state index in [1.54, 1.807) is 7.11 Å². The molecule has 0 aromatic carbocycles. The fourth-order valence-corrected chi connectivity index (χ4v) is 2.02. The number of ether oxygens (including phenoxy) is 3. The fraction of sp³-hybridized carbons (Fsp3) is 1.00. The molecule has 0 bridgehead atoms. The molecule has 0 aromatic rings. The Morgan fingerprint density at radius 2 is 1.74 bits per heavy atom. The largest absolute Gasteiger partial charge is 0.382 e. The summed E-state index contributed by atoms with van der Waals surface area (Å²) in [7, 11) is 1.72. The zero-order valence-corrected chi connectivity index (χ0v) is 14.2. The van der Waals surface area contributed by atoms with Crippen molar-refractivity contribution >= 4 is 0 Å². The van der Waals surface area contributed by atoms with Gasteiger partial charge in [-0.15, -0.1) is 0 Å². The van der Waals surface area contributed by atoms with Gasteiger partial charge < -0.3 is 14.2 Å². The Kier molecular flexibility index (Phi) is 17.8. The molecule has 1 saturated heterocycles. The monoisotopic (exact) mass is 276 g/mol. The third-order valence-electron chi connectivity index (χ3n) is 2.75. The van der Waals surface area contributed by atoms with Crippen LogP contribution in [0.4, 0.5) is 0 Å². The quantitative estimate of drug-likeness (QED) is 0.671. The molecule has 0 amide bonds. The molecule has 118 valence electrons. The van der Waals surface area contributed by atoms with Gasteiger partial charge in [0.2, 0.25) is 0 Å². The number of methoxy groups -OCH3 is 1. The fourth-order valence-electron chi connectivity index (χ4n) is 2.02. The molecular formula is C16H36O3. The second-order valence-electron chi connectivity index (χ2n) is 4.34. The molecule has 3 atom stereocenters. The van der Waals surface area contributed by atoms with Gasteiger partial charge in [0, 0.05) is 20.1 Å². The lowest BCUT2D eigenvalue weighted by atomic mass is 10.0. The Hall–Kier alpha value is -0.120. The lowest BCUT2D eigenvalue weighted by Gasteiger charge is -2.33. The van der Waals surface area contributed by atoms with Gasteiger partial charge in [-0.3, -0.25) is 0 Å². The van der Waals surface area contributed by atoms with E-state index in [1.807, 2.05) is 27.7 Å². The lowest BCUT2D eigenvalue weighted by molar-refractivity contribution is -0.126. The Morgan fingerprint density at radius 3 is 2.26 bits per heavy atom. The van der Waals surface area contributed by atoms with E-state index in [9.17, 15) is 0 Å². The van der Waals surface area contributed by atoms with Crippen LogP contribution in [-0.4, -0.2) is 38.6 Å². The predicted octanol–water partition coefficient (Wildman–Crippen LogP) is 4.44. The van der Waals surface area contributed by atoms with Crippen molar-refractivity contribution < 1.29 is 14.2 Å². The SMILES string of the molecule is CC.CC.CCCCOC1CC(C)OC(COC)C1. The summed E-state index contributed by atoms with van der Waals surface area (Å²) in [5.74, 6) is 0. The molecule has 0 N–H and O–H groups in total. The van der Waals surface area contributed by atoms with E-state index in [0.29, 0.717) is 18.8 Å². The molecule has 3 unspecified atom stereocenters. The van der Waals surface area contributed by atoms with Gasteiger partial charge in [-0.1, -0.05) is 41.0 Å². The first kappa shape index (κ1) is 21.2. The van der Waals surface area contributed by atoms with Gasteiger partial charge in [-0.25, -0.2) is 0 Å². The topological polar surface area (TPSA) is 27.7 Å². The second-order valence-corrected chi connectivity index (χ2v) is 4.34. The van der Waals surface area contributed by atoms with Crippen molar-refractivity contribution in [3.8, 4) is 0 Å². The van der Waals surface area contributed by atoms with Crippen LogP contribution >= 0.6 is 0 Å². The van der Waals surface area contributed by atoms with Crippen LogP contribution in [-0.2, 0) is 14.2 Å². The van der Waals surface area contributed by atoms with Crippen molar-refractivity contribution in [2.75, 3.05) is 20.3 Å². The van der Waals surface area contributed by atoms with Crippen molar-refractivity contribution in [1.82, 2.24) is 0 Å². The van der Waals surface area contributed by atoms with Crippen LogP contribution in [0.15, 0.2) is 0 Å². The summed E-state index contributed by atoms with van der Waals surface area (Å²) in [6.45, 7) is 13.9. The average molecular weight is 276 g/mol. The minimum Gasteiger partial charge on any atom is -0.382 e. The van der Waals surface area contributed by atoms with Gasteiger partial charge in [0.1, 0.15) is 0 Å². The zero-order chi connectivity index (χ0) is 15.1. The highest BCUT2D eigenvalue weighted by atomic mass is 16.5. The minimum absolute atomic E-state index is 0.213. The molecule has 0 aromatic heterocycles. The van der Waals surface area contributed by atoms with Gasteiger partial charge in [0.05, 0.1) is 24.9 Å². The van der Waals surface area contributed by atoms with Crippen molar-refractivity contribution in [2.45, 2.75) is 85.5 Å². The molecule has 1 aliphatic heterocycles. The summed E-state index contributed by atoms with van der Waals surface area (Å²) in [6.07, 6.45) is 5.21. The first-order valence-corrected chi connectivity index (χ1v) is 8.02. The molecule has 1 aliphatic rings. The van der Waals surface area contributed by atoms with E-state index in [0.717, 1.165) is 25.9 Å². The number of hydrogen-bond acceptors (Lipinski definition) is 3. The Morgan fingerprint density at radius 1 is 1.11 bits per heavy atom. The molecular weight excluding hydrogens is 240 g/mol. The predicted molar refractivity (Wildman–Crippen MR) is 82.8 cm³/mol. The van der Waals surface area contributed by atoms with Gasteiger partial charge in [-0.2, -0.15) is 0 Å².